The van der Waals surface area contributed by atoms with Gasteiger partial charge in [-0.15, -0.1) is 0 Å². The molecule has 2 aromatic carbocycles. The molecule has 0 bridgehead atoms. The first kappa shape index (κ1) is 20.8. The Bertz CT molecular complexity index is 1390. The molecule has 0 N–H and O–H groups in total. The second-order valence-electron chi connectivity index (χ2n) is 7.98. The van der Waals surface area contributed by atoms with Crippen molar-refractivity contribution in [3.8, 4) is 23.4 Å². The van der Waals surface area contributed by atoms with Crippen molar-refractivity contribution >= 4 is 17.2 Å². The van der Waals surface area contributed by atoms with Crippen molar-refractivity contribution in [2.75, 3.05) is 11.9 Å². The van der Waals surface area contributed by atoms with Crippen LogP contribution in [0.4, 0.5) is 5.69 Å². The van der Waals surface area contributed by atoms with E-state index in [-0.39, 0.29) is 11.6 Å². The lowest BCUT2D eigenvalue weighted by Crippen LogP contribution is -2.27. The van der Waals surface area contributed by atoms with Gasteiger partial charge in [-0.05, 0) is 43.7 Å². The number of nitrogens with zero attached hydrogens (tertiary/aromatic N) is 6. The van der Waals surface area contributed by atoms with Crippen molar-refractivity contribution in [2.45, 2.75) is 19.3 Å². The van der Waals surface area contributed by atoms with Gasteiger partial charge in [0.1, 0.15) is 5.69 Å². The highest BCUT2D eigenvalue weighted by atomic mass is 16.2. The molecule has 0 radical (unpaired) electrons. The van der Waals surface area contributed by atoms with E-state index in [1.165, 1.54) is 4.90 Å². The predicted molar refractivity (Wildman–Crippen MR) is 121 cm³/mol. The van der Waals surface area contributed by atoms with Gasteiger partial charge in [0.25, 0.3) is 5.91 Å². The van der Waals surface area contributed by atoms with Crippen LogP contribution in [0.2, 0.25) is 0 Å². The second kappa shape index (κ2) is 7.98. The van der Waals surface area contributed by atoms with Crippen molar-refractivity contribution < 1.29 is 4.79 Å². The van der Waals surface area contributed by atoms with E-state index in [9.17, 15) is 10.1 Å². The summed E-state index contributed by atoms with van der Waals surface area (Å²) in [5, 5.41) is 18.3. The van der Waals surface area contributed by atoms with Gasteiger partial charge in [0.05, 0.1) is 41.2 Å². The Balaban J connectivity index is 1.67. The summed E-state index contributed by atoms with van der Waals surface area (Å²) in [6.45, 7) is 3.76. The fraction of sp³-hybridized carbons (Fsp3) is 0.160. The quantitative estimate of drug-likeness (QED) is 0.489. The van der Waals surface area contributed by atoms with Gasteiger partial charge in [0.15, 0.2) is 5.65 Å². The maximum atomic E-state index is 13.0. The van der Waals surface area contributed by atoms with Gasteiger partial charge in [-0.3, -0.25) is 9.20 Å². The highest BCUT2D eigenvalue weighted by molar-refractivity contribution is 6.04. The van der Waals surface area contributed by atoms with Crippen molar-refractivity contribution in [1.29, 1.82) is 10.5 Å². The van der Waals surface area contributed by atoms with E-state index >= 15 is 0 Å². The summed E-state index contributed by atoms with van der Waals surface area (Å²) in [5.74, 6) is -0.276. The number of hydrogen-bond donors (Lipinski definition) is 0. The van der Waals surface area contributed by atoms with E-state index in [1.54, 1.807) is 49.9 Å². The van der Waals surface area contributed by atoms with Gasteiger partial charge < -0.3 is 4.90 Å². The van der Waals surface area contributed by atoms with Gasteiger partial charge >= 0.3 is 0 Å². The minimum atomic E-state index is -0.572. The lowest BCUT2D eigenvalue weighted by atomic mass is 9.86. The molecule has 1 amide bonds. The van der Waals surface area contributed by atoms with Crippen molar-refractivity contribution in [3.63, 3.8) is 0 Å². The number of nitriles is 2. The fourth-order valence-electron chi connectivity index (χ4n) is 3.38. The second-order valence-corrected chi connectivity index (χ2v) is 7.98. The molecule has 0 unspecified atom stereocenters. The first-order valence-corrected chi connectivity index (χ1v) is 9.97. The third kappa shape index (κ3) is 3.68. The molecule has 4 rings (SSSR count). The number of carbonyl (C=O) groups is 1. The van der Waals surface area contributed by atoms with Gasteiger partial charge in [-0.25, -0.2) is 9.97 Å². The molecule has 2 heterocycles. The molecule has 0 saturated carbocycles. The van der Waals surface area contributed by atoms with Crippen LogP contribution in [-0.4, -0.2) is 27.3 Å². The average molecular weight is 420 g/mol. The van der Waals surface area contributed by atoms with Crippen LogP contribution >= 0.6 is 0 Å². The number of imidazole rings is 1. The standard InChI is InChI=1S/C25H20N6O/c1-25(2,16-27)19-8-6-18(7-9-19)22-13-29-23-14-28-21(15-31(22)23)24(32)30(3)20-10-4-17(12-26)5-11-20/h4-11,13-15H,1-3H3. The molecule has 0 saturated heterocycles. The molecule has 0 atom stereocenters. The molecule has 7 nitrogen and oxygen atoms in total. The summed E-state index contributed by atoms with van der Waals surface area (Å²) in [4.78, 5) is 23.2. The van der Waals surface area contributed by atoms with Crippen LogP contribution in [0.3, 0.4) is 0 Å². The number of aromatic nitrogens is 3. The van der Waals surface area contributed by atoms with Crippen LogP contribution in [0.15, 0.2) is 67.1 Å². The van der Waals surface area contributed by atoms with E-state index in [4.69, 9.17) is 5.26 Å². The normalized spacial score (nSPS) is 11.0. The molecule has 7 heteroatoms. The summed E-state index contributed by atoms with van der Waals surface area (Å²) in [5.41, 5.74) is 4.18. The van der Waals surface area contributed by atoms with E-state index in [0.29, 0.717) is 16.9 Å². The molecule has 0 aliphatic rings. The number of rotatable bonds is 4. The fourth-order valence-corrected chi connectivity index (χ4v) is 3.38. The first-order valence-electron chi connectivity index (χ1n) is 9.97. The number of anilines is 1. The molecule has 0 spiro atoms. The smallest absolute Gasteiger partial charge is 0.278 e. The van der Waals surface area contributed by atoms with Gasteiger partial charge in [-0.2, -0.15) is 10.5 Å². The molecule has 32 heavy (non-hydrogen) atoms. The number of fused-ring (bicyclic) bond motifs is 1. The molecular weight excluding hydrogens is 400 g/mol. The van der Waals surface area contributed by atoms with Crippen LogP contribution in [0, 0.1) is 22.7 Å². The van der Waals surface area contributed by atoms with Gasteiger partial charge in [0, 0.05) is 24.5 Å². The summed E-state index contributed by atoms with van der Waals surface area (Å²) in [7, 11) is 1.67. The Kier molecular flexibility index (Phi) is 5.18. The molecule has 0 fully saturated rings. The minimum absolute atomic E-state index is 0.269. The number of hydrogen-bond acceptors (Lipinski definition) is 5. The zero-order chi connectivity index (χ0) is 22.9. The molecule has 156 valence electrons. The van der Waals surface area contributed by atoms with E-state index in [1.807, 2.05) is 42.5 Å². The summed E-state index contributed by atoms with van der Waals surface area (Å²) >= 11 is 0. The van der Waals surface area contributed by atoms with Crippen LogP contribution in [0.5, 0.6) is 0 Å². The minimum Gasteiger partial charge on any atom is -0.310 e. The average Bonchev–Trinajstić information content (AvgIpc) is 3.26. The van der Waals surface area contributed by atoms with Crippen LogP contribution in [0.1, 0.15) is 35.5 Å². The zero-order valence-electron chi connectivity index (χ0n) is 17.9. The third-order valence-corrected chi connectivity index (χ3v) is 5.49. The molecule has 4 aromatic rings. The Morgan fingerprint density at radius 3 is 2.31 bits per heavy atom. The highest BCUT2D eigenvalue weighted by Crippen LogP contribution is 2.27. The van der Waals surface area contributed by atoms with Crippen molar-refractivity contribution in [1.82, 2.24) is 14.4 Å². The van der Waals surface area contributed by atoms with Crippen molar-refractivity contribution in [3.05, 3.63) is 83.9 Å². The van der Waals surface area contributed by atoms with Crippen LogP contribution < -0.4 is 4.90 Å². The maximum Gasteiger partial charge on any atom is 0.278 e. The van der Waals surface area contributed by atoms with Crippen LogP contribution in [0.25, 0.3) is 16.9 Å². The Morgan fingerprint density at radius 2 is 1.69 bits per heavy atom. The summed E-state index contributed by atoms with van der Waals surface area (Å²) in [6.07, 6.45) is 4.98. The van der Waals surface area contributed by atoms with E-state index < -0.39 is 5.41 Å². The summed E-state index contributed by atoms with van der Waals surface area (Å²) in [6, 6.07) is 18.9. The lowest BCUT2D eigenvalue weighted by Gasteiger charge is -2.17. The highest BCUT2D eigenvalue weighted by Gasteiger charge is 2.20. The van der Waals surface area contributed by atoms with Gasteiger partial charge in [-0.1, -0.05) is 24.3 Å². The number of benzene rings is 2. The Hall–Kier alpha value is -4.49. The van der Waals surface area contributed by atoms with Crippen LogP contribution in [-0.2, 0) is 5.41 Å². The van der Waals surface area contributed by atoms with E-state index in [0.717, 1.165) is 16.8 Å². The molecule has 0 aliphatic carbocycles. The number of carbonyl (C=O) groups excluding carboxylic acids is 1. The van der Waals surface area contributed by atoms with E-state index in [2.05, 4.69) is 22.1 Å². The third-order valence-electron chi connectivity index (χ3n) is 5.49. The molecular formula is C25H20N6O. The lowest BCUT2D eigenvalue weighted by molar-refractivity contribution is 0.0988. The molecule has 0 aliphatic heterocycles. The summed E-state index contributed by atoms with van der Waals surface area (Å²) < 4.78 is 1.83. The Labute approximate surface area is 185 Å². The Morgan fingerprint density at radius 1 is 1.00 bits per heavy atom. The number of amides is 1. The largest absolute Gasteiger partial charge is 0.310 e. The van der Waals surface area contributed by atoms with Gasteiger partial charge in [0.2, 0.25) is 0 Å². The zero-order valence-corrected chi connectivity index (χ0v) is 17.9. The topological polar surface area (TPSA) is 98.1 Å². The molecule has 2 aromatic heterocycles. The maximum absolute atomic E-state index is 13.0. The monoisotopic (exact) mass is 420 g/mol. The van der Waals surface area contributed by atoms with Crippen molar-refractivity contribution in [2.24, 2.45) is 0 Å². The predicted octanol–water partition coefficient (Wildman–Crippen LogP) is 4.35. The first-order chi connectivity index (χ1) is 15.3. The SMILES string of the molecule is CN(C(=O)c1cn2c(-c3ccc(C(C)(C)C#N)cc3)cnc2cn1)c1ccc(C#N)cc1.